The lowest BCUT2D eigenvalue weighted by Gasteiger charge is -2.32. The molecule has 0 saturated heterocycles. The third-order valence-electron chi connectivity index (χ3n) is 4.97. The monoisotopic (exact) mass is 362 g/mol. The SMILES string of the molecule is CCOC1N(C2=CCC(C)C=C2)c2nc(CC)cnc2N1c1ccccc1. The average Bonchev–Trinajstić information content (AvgIpc) is 3.02. The van der Waals surface area contributed by atoms with Crippen LogP contribution >= 0.6 is 0 Å². The highest BCUT2D eigenvalue weighted by Crippen LogP contribution is 2.44. The number of fused-ring (bicyclic) bond motifs is 1. The first kappa shape index (κ1) is 17.7. The topological polar surface area (TPSA) is 41.5 Å². The molecule has 5 heteroatoms. The van der Waals surface area contributed by atoms with Crippen molar-refractivity contribution in [2.24, 2.45) is 5.92 Å². The summed E-state index contributed by atoms with van der Waals surface area (Å²) in [6.45, 7) is 6.96. The fourth-order valence-electron chi connectivity index (χ4n) is 3.52. The van der Waals surface area contributed by atoms with Gasteiger partial charge in [-0.05, 0) is 43.9 Å². The fraction of sp³-hybridized carbons (Fsp3) is 0.364. The van der Waals surface area contributed by atoms with Crippen LogP contribution < -0.4 is 9.80 Å². The van der Waals surface area contributed by atoms with Crippen molar-refractivity contribution in [3.63, 3.8) is 0 Å². The molecule has 2 heterocycles. The first-order valence-electron chi connectivity index (χ1n) is 9.72. The lowest BCUT2D eigenvalue weighted by atomic mass is 10.0. The maximum atomic E-state index is 6.22. The highest BCUT2D eigenvalue weighted by Gasteiger charge is 2.41. The molecule has 2 aromatic rings. The summed E-state index contributed by atoms with van der Waals surface area (Å²) in [4.78, 5) is 14.0. The number of anilines is 3. The zero-order chi connectivity index (χ0) is 18.8. The number of aryl methyl sites for hydroxylation is 1. The average molecular weight is 362 g/mol. The summed E-state index contributed by atoms with van der Waals surface area (Å²) in [7, 11) is 0. The number of para-hydroxylation sites is 1. The number of ether oxygens (including phenoxy) is 1. The quantitative estimate of drug-likeness (QED) is 0.764. The second-order valence-corrected chi connectivity index (χ2v) is 6.92. The Morgan fingerprint density at radius 3 is 2.59 bits per heavy atom. The van der Waals surface area contributed by atoms with Crippen LogP contribution in [0.5, 0.6) is 0 Å². The van der Waals surface area contributed by atoms with Gasteiger partial charge in [-0.3, -0.25) is 9.80 Å². The summed E-state index contributed by atoms with van der Waals surface area (Å²) < 4.78 is 6.22. The third-order valence-corrected chi connectivity index (χ3v) is 4.97. The lowest BCUT2D eigenvalue weighted by Crippen LogP contribution is -2.43. The van der Waals surface area contributed by atoms with Crippen molar-refractivity contribution < 1.29 is 4.74 Å². The summed E-state index contributed by atoms with van der Waals surface area (Å²) in [5, 5.41) is 0. The summed E-state index contributed by atoms with van der Waals surface area (Å²) in [6.07, 6.45) is 10.1. The number of benzene rings is 1. The Hall–Kier alpha value is -2.66. The number of aromatic nitrogens is 2. The van der Waals surface area contributed by atoms with E-state index >= 15 is 0 Å². The van der Waals surface area contributed by atoms with Crippen molar-refractivity contribution in [3.8, 4) is 0 Å². The summed E-state index contributed by atoms with van der Waals surface area (Å²) in [6, 6.07) is 10.3. The molecule has 2 unspecified atom stereocenters. The molecule has 0 saturated carbocycles. The number of rotatable bonds is 5. The van der Waals surface area contributed by atoms with Crippen LogP contribution in [0.2, 0.25) is 0 Å². The van der Waals surface area contributed by atoms with E-state index in [2.05, 4.69) is 54.0 Å². The van der Waals surface area contributed by atoms with Gasteiger partial charge in [-0.1, -0.05) is 44.2 Å². The number of hydrogen-bond donors (Lipinski definition) is 0. The van der Waals surface area contributed by atoms with Crippen LogP contribution in [-0.4, -0.2) is 22.9 Å². The van der Waals surface area contributed by atoms with Crippen LogP contribution in [0, 0.1) is 5.92 Å². The molecule has 0 fully saturated rings. The Labute approximate surface area is 161 Å². The minimum absolute atomic E-state index is 0.302. The molecule has 27 heavy (non-hydrogen) atoms. The Bertz CT molecular complexity index is 862. The molecule has 0 N–H and O–H groups in total. The van der Waals surface area contributed by atoms with Crippen molar-refractivity contribution in [2.45, 2.75) is 40.0 Å². The predicted molar refractivity (Wildman–Crippen MR) is 109 cm³/mol. The molecule has 0 spiro atoms. The van der Waals surface area contributed by atoms with Crippen LogP contribution in [0.1, 0.15) is 32.9 Å². The molecular formula is C22H26N4O. The van der Waals surface area contributed by atoms with Gasteiger partial charge in [-0.15, -0.1) is 0 Å². The van der Waals surface area contributed by atoms with Gasteiger partial charge in [-0.2, -0.15) is 0 Å². The Morgan fingerprint density at radius 2 is 1.93 bits per heavy atom. The van der Waals surface area contributed by atoms with E-state index in [0.29, 0.717) is 12.5 Å². The van der Waals surface area contributed by atoms with E-state index < -0.39 is 0 Å². The van der Waals surface area contributed by atoms with Gasteiger partial charge in [0, 0.05) is 18.0 Å². The highest BCUT2D eigenvalue weighted by molar-refractivity contribution is 5.80. The van der Waals surface area contributed by atoms with Crippen molar-refractivity contribution in [1.82, 2.24) is 9.97 Å². The van der Waals surface area contributed by atoms with Gasteiger partial charge in [0.05, 0.1) is 11.9 Å². The fourth-order valence-corrected chi connectivity index (χ4v) is 3.52. The minimum Gasteiger partial charge on any atom is -0.340 e. The van der Waals surface area contributed by atoms with Gasteiger partial charge in [0.1, 0.15) is 0 Å². The van der Waals surface area contributed by atoms with Crippen LogP contribution in [0.4, 0.5) is 17.3 Å². The third kappa shape index (κ3) is 3.23. The molecule has 4 rings (SSSR count). The molecule has 2 atom stereocenters. The first-order valence-corrected chi connectivity index (χ1v) is 9.72. The van der Waals surface area contributed by atoms with Crippen LogP contribution in [0.15, 0.2) is 60.5 Å². The van der Waals surface area contributed by atoms with Crippen LogP contribution in [0.25, 0.3) is 0 Å². The second-order valence-electron chi connectivity index (χ2n) is 6.92. The number of nitrogens with zero attached hydrogens (tertiary/aromatic N) is 4. The molecule has 1 aliphatic heterocycles. The second kappa shape index (κ2) is 7.53. The molecule has 1 aromatic heterocycles. The summed E-state index contributed by atoms with van der Waals surface area (Å²) in [5.74, 6) is 2.26. The smallest absolute Gasteiger partial charge is 0.221 e. The minimum atomic E-state index is -0.302. The van der Waals surface area contributed by atoms with Gasteiger partial charge in [-0.25, -0.2) is 9.97 Å². The standard InChI is InChI=1S/C22H26N4O/c1-4-17-15-23-20-21(24-17)26(19-13-11-16(3)12-14-19)22(27-5-2)25(20)18-9-7-6-8-10-18/h6-11,13-16,22H,4-5,12H2,1-3H3. The molecule has 5 nitrogen and oxygen atoms in total. The van der Waals surface area contributed by atoms with Crippen LogP contribution in [0.3, 0.4) is 0 Å². The largest absolute Gasteiger partial charge is 0.340 e. The molecule has 1 aliphatic carbocycles. The van der Waals surface area contributed by atoms with Crippen LogP contribution in [-0.2, 0) is 11.2 Å². The Morgan fingerprint density at radius 1 is 1.11 bits per heavy atom. The number of hydrogen-bond acceptors (Lipinski definition) is 5. The number of allylic oxidation sites excluding steroid dienone is 3. The highest BCUT2D eigenvalue weighted by atomic mass is 16.5. The van der Waals surface area contributed by atoms with Gasteiger partial charge < -0.3 is 4.74 Å². The molecule has 0 radical (unpaired) electrons. The van der Waals surface area contributed by atoms with Crippen molar-refractivity contribution >= 4 is 17.3 Å². The molecule has 140 valence electrons. The van der Waals surface area contributed by atoms with Crippen molar-refractivity contribution in [2.75, 3.05) is 16.4 Å². The van der Waals surface area contributed by atoms with Gasteiger partial charge in [0.15, 0.2) is 11.6 Å². The van der Waals surface area contributed by atoms with Gasteiger partial charge in [0.25, 0.3) is 0 Å². The predicted octanol–water partition coefficient (Wildman–Crippen LogP) is 4.80. The van der Waals surface area contributed by atoms with Crippen molar-refractivity contribution in [1.29, 1.82) is 0 Å². The molecule has 0 bridgehead atoms. The van der Waals surface area contributed by atoms with E-state index in [0.717, 1.165) is 41.6 Å². The molecule has 2 aliphatic rings. The van der Waals surface area contributed by atoms with E-state index in [-0.39, 0.29) is 6.35 Å². The lowest BCUT2D eigenvalue weighted by molar-refractivity contribution is 0.0744. The molecule has 1 aromatic carbocycles. The summed E-state index contributed by atoms with van der Waals surface area (Å²) in [5.41, 5.74) is 3.15. The van der Waals surface area contributed by atoms with Crippen molar-refractivity contribution in [3.05, 3.63) is 66.1 Å². The van der Waals surface area contributed by atoms with E-state index in [1.54, 1.807) is 0 Å². The molecule has 0 amide bonds. The Kier molecular flexibility index (Phi) is 4.94. The van der Waals surface area contributed by atoms with Gasteiger partial charge >= 0.3 is 0 Å². The molecular weight excluding hydrogens is 336 g/mol. The normalized spacial score (nSPS) is 21.4. The van der Waals surface area contributed by atoms with E-state index in [1.165, 1.54) is 0 Å². The van der Waals surface area contributed by atoms with E-state index in [9.17, 15) is 0 Å². The van der Waals surface area contributed by atoms with Gasteiger partial charge in [0.2, 0.25) is 6.35 Å². The zero-order valence-corrected chi connectivity index (χ0v) is 16.2. The first-order chi connectivity index (χ1) is 13.2. The summed E-state index contributed by atoms with van der Waals surface area (Å²) >= 11 is 0. The van der Waals surface area contributed by atoms with E-state index in [1.807, 2.05) is 31.3 Å². The Balaban J connectivity index is 1.86. The maximum absolute atomic E-state index is 6.22. The maximum Gasteiger partial charge on any atom is 0.221 e. The van der Waals surface area contributed by atoms with E-state index in [4.69, 9.17) is 14.7 Å². The zero-order valence-electron chi connectivity index (χ0n) is 16.2.